The molecule has 0 saturated carbocycles. The molecule has 0 radical (unpaired) electrons. The number of aryl methyl sites for hydroxylation is 2. The van der Waals surface area contributed by atoms with Gasteiger partial charge in [0, 0.05) is 25.3 Å². The molecular formula is C21H25N5O. The number of fused-ring (bicyclic) bond motifs is 1. The van der Waals surface area contributed by atoms with Crippen molar-refractivity contribution >= 4 is 17.5 Å². The largest absolute Gasteiger partial charge is 0.352 e. The Balaban J connectivity index is 1.44. The van der Waals surface area contributed by atoms with E-state index in [2.05, 4.69) is 69.0 Å². The van der Waals surface area contributed by atoms with Gasteiger partial charge in [-0.1, -0.05) is 35.9 Å². The molecule has 1 amide bonds. The van der Waals surface area contributed by atoms with Crippen molar-refractivity contribution in [3.05, 3.63) is 59.3 Å². The number of hydrogen-bond acceptors (Lipinski definition) is 4. The third-order valence-corrected chi connectivity index (χ3v) is 5.27. The zero-order valence-electron chi connectivity index (χ0n) is 15.9. The molecule has 1 aromatic carbocycles. The van der Waals surface area contributed by atoms with Gasteiger partial charge in [0.15, 0.2) is 5.65 Å². The van der Waals surface area contributed by atoms with Crippen LogP contribution in [0, 0.1) is 19.8 Å². The van der Waals surface area contributed by atoms with E-state index < -0.39 is 0 Å². The smallest absolute Gasteiger partial charge is 0.231 e. The minimum absolute atomic E-state index is 0.0273. The Hall–Kier alpha value is -2.89. The van der Waals surface area contributed by atoms with Gasteiger partial charge in [-0.3, -0.25) is 9.20 Å². The summed E-state index contributed by atoms with van der Waals surface area (Å²) in [4.78, 5) is 14.9. The van der Waals surface area contributed by atoms with Crippen molar-refractivity contribution in [3.63, 3.8) is 0 Å². The van der Waals surface area contributed by atoms with Crippen LogP contribution < -0.4 is 10.2 Å². The molecule has 2 aromatic heterocycles. The molecule has 1 aliphatic rings. The number of aromatic nitrogens is 3. The van der Waals surface area contributed by atoms with Crippen LogP contribution in [0.25, 0.3) is 5.65 Å². The third-order valence-electron chi connectivity index (χ3n) is 5.27. The Bertz CT molecular complexity index is 947. The van der Waals surface area contributed by atoms with Crippen LogP contribution in [0.3, 0.4) is 0 Å². The summed E-state index contributed by atoms with van der Waals surface area (Å²) < 4.78 is 2.06. The van der Waals surface area contributed by atoms with Crippen LogP contribution in [0.2, 0.25) is 0 Å². The maximum absolute atomic E-state index is 12.7. The number of piperidine rings is 1. The van der Waals surface area contributed by atoms with Gasteiger partial charge in [-0.25, -0.2) is 0 Å². The fourth-order valence-corrected chi connectivity index (χ4v) is 3.70. The van der Waals surface area contributed by atoms with Crippen molar-refractivity contribution in [2.24, 2.45) is 5.92 Å². The molecule has 4 rings (SSSR count). The number of benzene rings is 1. The zero-order chi connectivity index (χ0) is 18.8. The Morgan fingerprint density at radius 2 is 1.96 bits per heavy atom. The fraction of sp³-hybridized carbons (Fsp3) is 0.381. The molecule has 1 unspecified atom stereocenters. The number of pyridine rings is 1. The minimum atomic E-state index is -0.0273. The van der Waals surface area contributed by atoms with E-state index in [9.17, 15) is 4.79 Å². The summed E-state index contributed by atoms with van der Waals surface area (Å²) in [6.07, 6.45) is 1.88. The monoisotopic (exact) mass is 363 g/mol. The molecule has 27 heavy (non-hydrogen) atoms. The number of rotatable bonds is 4. The molecule has 1 aliphatic heterocycles. The lowest BCUT2D eigenvalue weighted by Gasteiger charge is -2.32. The number of nitrogens with one attached hydrogen (secondary N) is 1. The summed E-state index contributed by atoms with van der Waals surface area (Å²) in [5.41, 5.74) is 4.29. The Labute approximate surface area is 159 Å². The van der Waals surface area contributed by atoms with Crippen LogP contribution >= 0.6 is 0 Å². The third kappa shape index (κ3) is 3.65. The first kappa shape index (κ1) is 17.5. The van der Waals surface area contributed by atoms with E-state index >= 15 is 0 Å². The first-order valence-electron chi connectivity index (χ1n) is 9.51. The molecule has 1 atom stereocenters. The number of hydrogen-bond donors (Lipinski definition) is 1. The minimum Gasteiger partial charge on any atom is -0.352 e. The summed E-state index contributed by atoms with van der Waals surface area (Å²) in [5, 5.41) is 11.8. The Morgan fingerprint density at radius 1 is 1.15 bits per heavy atom. The van der Waals surface area contributed by atoms with Gasteiger partial charge in [-0.05, 0) is 44.4 Å². The lowest BCUT2D eigenvalue weighted by atomic mass is 9.97. The molecule has 0 aliphatic carbocycles. The second kappa shape index (κ2) is 7.39. The van der Waals surface area contributed by atoms with Gasteiger partial charge in [-0.15, -0.1) is 10.2 Å². The predicted molar refractivity (Wildman–Crippen MR) is 106 cm³/mol. The number of nitrogens with zero attached hydrogens (tertiary/aromatic N) is 4. The Kier molecular flexibility index (Phi) is 4.79. The molecule has 0 bridgehead atoms. The molecule has 1 saturated heterocycles. The van der Waals surface area contributed by atoms with Gasteiger partial charge in [-0.2, -0.15) is 0 Å². The van der Waals surface area contributed by atoms with Crippen molar-refractivity contribution in [2.75, 3.05) is 18.0 Å². The van der Waals surface area contributed by atoms with E-state index in [1.54, 1.807) is 0 Å². The van der Waals surface area contributed by atoms with Crippen molar-refractivity contribution in [1.29, 1.82) is 0 Å². The van der Waals surface area contributed by atoms with E-state index in [0.717, 1.165) is 42.2 Å². The second-order valence-corrected chi connectivity index (χ2v) is 7.35. The van der Waals surface area contributed by atoms with Crippen molar-refractivity contribution in [2.45, 2.75) is 33.2 Å². The second-order valence-electron chi connectivity index (χ2n) is 7.35. The van der Waals surface area contributed by atoms with Crippen LogP contribution in [0.4, 0.5) is 5.95 Å². The first-order valence-corrected chi connectivity index (χ1v) is 9.51. The van der Waals surface area contributed by atoms with E-state index in [-0.39, 0.29) is 11.8 Å². The number of anilines is 1. The van der Waals surface area contributed by atoms with E-state index in [0.29, 0.717) is 13.1 Å². The average Bonchev–Trinajstić information content (AvgIpc) is 3.13. The number of carbonyl (C=O) groups is 1. The molecule has 140 valence electrons. The fourth-order valence-electron chi connectivity index (χ4n) is 3.70. The Morgan fingerprint density at radius 3 is 2.78 bits per heavy atom. The highest BCUT2D eigenvalue weighted by Crippen LogP contribution is 2.23. The summed E-state index contributed by atoms with van der Waals surface area (Å²) in [6.45, 7) is 6.26. The van der Waals surface area contributed by atoms with Crippen molar-refractivity contribution in [3.8, 4) is 0 Å². The van der Waals surface area contributed by atoms with Crippen LogP contribution in [0.5, 0.6) is 0 Å². The average molecular weight is 363 g/mol. The number of carbonyl (C=O) groups excluding carboxylic acids is 1. The van der Waals surface area contributed by atoms with Gasteiger partial charge >= 0.3 is 0 Å². The molecule has 0 spiro atoms. The summed E-state index contributed by atoms with van der Waals surface area (Å²) in [7, 11) is 0. The standard InChI is InChI=1S/C21H25N5O/c1-15-8-10-17(11-9-15)13-22-20(27)18-6-4-12-25(14-18)21-24-23-19-7-3-5-16(2)26(19)21/h3,5,7-11,18H,4,6,12-14H2,1-2H3,(H,22,27). The number of amides is 1. The summed E-state index contributed by atoms with van der Waals surface area (Å²) in [5.74, 6) is 0.922. The normalized spacial score (nSPS) is 17.3. The van der Waals surface area contributed by atoms with Crippen molar-refractivity contribution < 1.29 is 4.79 Å². The molecule has 6 nitrogen and oxygen atoms in total. The van der Waals surface area contributed by atoms with Crippen LogP contribution in [-0.2, 0) is 11.3 Å². The maximum Gasteiger partial charge on any atom is 0.231 e. The van der Waals surface area contributed by atoms with Gasteiger partial charge in [0.2, 0.25) is 11.9 Å². The SMILES string of the molecule is Cc1ccc(CNC(=O)C2CCCN(c3nnc4cccc(C)n34)C2)cc1. The van der Waals surface area contributed by atoms with Crippen molar-refractivity contribution in [1.82, 2.24) is 19.9 Å². The van der Waals surface area contributed by atoms with Gasteiger partial charge < -0.3 is 10.2 Å². The van der Waals surface area contributed by atoms with Crippen LogP contribution in [-0.4, -0.2) is 33.6 Å². The molecule has 3 heterocycles. The molecule has 6 heteroatoms. The van der Waals surface area contributed by atoms with Crippen LogP contribution in [0.1, 0.15) is 29.7 Å². The maximum atomic E-state index is 12.7. The molecular weight excluding hydrogens is 338 g/mol. The highest BCUT2D eigenvalue weighted by Gasteiger charge is 2.28. The van der Waals surface area contributed by atoms with E-state index in [4.69, 9.17) is 0 Å². The lowest BCUT2D eigenvalue weighted by Crippen LogP contribution is -2.43. The lowest BCUT2D eigenvalue weighted by molar-refractivity contribution is -0.125. The van der Waals surface area contributed by atoms with E-state index in [1.807, 2.05) is 12.1 Å². The summed E-state index contributed by atoms with van der Waals surface area (Å²) in [6, 6.07) is 14.3. The van der Waals surface area contributed by atoms with E-state index in [1.165, 1.54) is 5.56 Å². The zero-order valence-corrected chi connectivity index (χ0v) is 15.9. The highest BCUT2D eigenvalue weighted by atomic mass is 16.1. The molecule has 1 N–H and O–H groups in total. The van der Waals surface area contributed by atoms with Crippen LogP contribution in [0.15, 0.2) is 42.5 Å². The predicted octanol–water partition coefficient (Wildman–Crippen LogP) is 2.88. The highest BCUT2D eigenvalue weighted by molar-refractivity contribution is 5.79. The molecule has 1 fully saturated rings. The van der Waals surface area contributed by atoms with Gasteiger partial charge in [0.25, 0.3) is 0 Å². The quantitative estimate of drug-likeness (QED) is 0.774. The first-order chi connectivity index (χ1) is 13.1. The molecule has 3 aromatic rings. The summed E-state index contributed by atoms with van der Waals surface area (Å²) >= 11 is 0. The van der Waals surface area contributed by atoms with Gasteiger partial charge in [0.1, 0.15) is 0 Å². The van der Waals surface area contributed by atoms with Gasteiger partial charge in [0.05, 0.1) is 5.92 Å². The topological polar surface area (TPSA) is 62.5 Å².